The second-order valence-electron chi connectivity index (χ2n) is 5.16. The Morgan fingerprint density at radius 1 is 1.29 bits per heavy atom. The summed E-state index contributed by atoms with van der Waals surface area (Å²) in [5, 5.41) is 10.8. The Morgan fingerprint density at radius 2 is 2.00 bits per heavy atom. The van der Waals surface area contributed by atoms with Crippen LogP contribution in [0.3, 0.4) is 0 Å². The van der Waals surface area contributed by atoms with Crippen molar-refractivity contribution >= 4 is 23.5 Å². The van der Waals surface area contributed by atoms with Crippen molar-refractivity contribution in [1.82, 2.24) is 15.5 Å². The van der Waals surface area contributed by atoms with Gasteiger partial charge in [0, 0.05) is 30.5 Å². The molecule has 1 N–H and O–H groups in total. The maximum atomic E-state index is 11.9. The van der Waals surface area contributed by atoms with E-state index in [9.17, 15) is 9.59 Å². The van der Waals surface area contributed by atoms with Gasteiger partial charge in [-0.2, -0.15) is 0 Å². The number of benzene rings is 1. The van der Waals surface area contributed by atoms with Gasteiger partial charge in [0.05, 0.1) is 0 Å². The monoisotopic (exact) mass is 351 g/mol. The highest BCUT2D eigenvalue weighted by Gasteiger charge is 2.17. The largest absolute Gasteiger partial charge is 0.453 e. The molecule has 0 fully saturated rings. The van der Waals surface area contributed by atoms with Gasteiger partial charge in [-0.05, 0) is 37.6 Å². The van der Waals surface area contributed by atoms with E-state index in [0.717, 1.165) is 0 Å². The number of halogens is 1. The Morgan fingerprint density at radius 3 is 2.62 bits per heavy atom. The van der Waals surface area contributed by atoms with Crippen LogP contribution in [0, 0.1) is 6.92 Å². The number of hydrogen-bond donors (Lipinski definition) is 1. The summed E-state index contributed by atoms with van der Waals surface area (Å²) < 4.78 is 10.4. The van der Waals surface area contributed by atoms with E-state index >= 15 is 0 Å². The maximum Gasteiger partial charge on any atom is 0.306 e. The first-order valence-electron chi connectivity index (χ1n) is 7.49. The number of rotatable bonds is 7. The third kappa shape index (κ3) is 5.34. The van der Waals surface area contributed by atoms with Gasteiger partial charge in [-0.15, -0.1) is 10.2 Å². The highest BCUT2D eigenvalue weighted by atomic mass is 35.5. The van der Waals surface area contributed by atoms with Crippen LogP contribution in [0.5, 0.6) is 0 Å². The van der Waals surface area contributed by atoms with Gasteiger partial charge in [-0.25, -0.2) is 0 Å². The average Bonchev–Trinajstić information content (AvgIpc) is 2.98. The lowest BCUT2D eigenvalue weighted by Crippen LogP contribution is -2.25. The molecule has 128 valence electrons. The Hall–Kier alpha value is -2.41. The number of nitrogens with one attached hydrogen (secondary N) is 1. The van der Waals surface area contributed by atoms with Gasteiger partial charge in [0.15, 0.2) is 6.10 Å². The third-order valence-electron chi connectivity index (χ3n) is 3.15. The molecule has 7 nitrogen and oxygen atoms in total. The van der Waals surface area contributed by atoms with E-state index in [1.165, 1.54) is 0 Å². The molecule has 8 heteroatoms. The molecule has 0 spiro atoms. The van der Waals surface area contributed by atoms with E-state index in [1.54, 1.807) is 38.1 Å². The minimum absolute atomic E-state index is 0.179. The average molecular weight is 352 g/mol. The molecule has 0 aliphatic carbocycles. The van der Waals surface area contributed by atoms with Crippen molar-refractivity contribution in [3.8, 4) is 0 Å². The molecule has 2 aromatic rings. The molecule has 1 aromatic carbocycles. The van der Waals surface area contributed by atoms with Crippen LogP contribution in [0.1, 0.15) is 48.0 Å². The smallest absolute Gasteiger partial charge is 0.306 e. The van der Waals surface area contributed by atoms with Crippen molar-refractivity contribution in [2.24, 2.45) is 0 Å². The predicted molar refractivity (Wildman–Crippen MR) is 86.6 cm³/mol. The van der Waals surface area contributed by atoms with Gasteiger partial charge >= 0.3 is 5.97 Å². The number of hydrogen-bond acceptors (Lipinski definition) is 6. The first-order valence-corrected chi connectivity index (χ1v) is 7.86. The molecule has 2 rings (SSSR count). The molecule has 1 heterocycles. The van der Waals surface area contributed by atoms with E-state index < -0.39 is 6.10 Å². The zero-order chi connectivity index (χ0) is 17.5. The normalized spacial score (nSPS) is 11.8. The summed E-state index contributed by atoms with van der Waals surface area (Å²) in [6.45, 7) is 3.69. The molecule has 0 saturated heterocycles. The predicted octanol–water partition coefficient (Wildman–Crippen LogP) is 2.85. The fourth-order valence-electron chi connectivity index (χ4n) is 1.92. The van der Waals surface area contributed by atoms with Gasteiger partial charge < -0.3 is 14.5 Å². The Labute approximate surface area is 144 Å². The Bertz CT molecular complexity index is 700. The molecular weight excluding hydrogens is 334 g/mol. The highest BCUT2D eigenvalue weighted by Crippen LogP contribution is 2.15. The van der Waals surface area contributed by atoms with Gasteiger partial charge in [0.2, 0.25) is 5.89 Å². The molecule has 24 heavy (non-hydrogen) atoms. The van der Waals surface area contributed by atoms with E-state index in [-0.39, 0.29) is 24.2 Å². The van der Waals surface area contributed by atoms with Crippen LogP contribution in [0.15, 0.2) is 28.7 Å². The van der Waals surface area contributed by atoms with Crippen LogP contribution in [-0.2, 0) is 9.53 Å². The van der Waals surface area contributed by atoms with E-state index in [1.807, 2.05) is 0 Å². The molecule has 0 saturated carbocycles. The van der Waals surface area contributed by atoms with Crippen molar-refractivity contribution in [2.45, 2.75) is 32.8 Å². The van der Waals surface area contributed by atoms with Crippen molar-refractivity contribution < 1.29 is 18.7 Å². The van der Waals surface area contributed by atoms with Crippen molar-refractivity contribution in [3.63, 3.8) is 0 Å². The fourth-order valence-corrected chi connectivity index (χ4v) is 2.05. The van der Waals surface area contributed by atoms with Gasteiger partial charge in [-0.1, -0.05) is 11.6 Å². The molecule has 1 atom stereocenters. The van der Waals surface area contributed by atoms with Crippen LogP contribution in [0.4, 0.5) is 0 Å². The van der Waals surface area contributed by atoms with Crippen molar-refractivity contribution in [1.29, 1.82) is 0 Å². The second-order valence-corrected chi connectivity index (χ2v) is 5.59. The third-order valence-corrected chi connectivity index (χ3v) is 3.40. The van der Waals surface area contributed by atoms with Gasteiger partial charge in [-0.3, -0.25) is 9.59 Å². The SMILES string of the molecule is Cc1nnc(C(C)OC(=O)CCCNC(=O)c2ccc(Cl)cc2)o1. The zero-order valence-electron chi connectivity index (χ0n) is 13.4. The topological polar surface area (TPSA) is 94.3 Å². The van der Waals surface area contributed by atoms with Crippen LogP contribution in [0.25, 0.3) is 0 Å². The maximum absolute atomic E-state index is 11.9. The molecule has 0 bridgehead atoms. The molecule has 1 amide bonds. The number of esters is 1. The minimum Gasteiger partial charge on any atom is -0.453 e. The lowest BCUT2D eigenvalue weighted by Gasteiger charge is -2.09. The zero-order valence-corrected chi connectivity index (χ0v) is 14.2. The molecule has 0 aliphatic rings. The number of carbonyl (C=O) groups is 2. The lowest BCUT2D eigenvalue weighted by atomic mass is 10.2. The standard InChI is InChI=1S/C16H18ClN3O4/c1-10(16-20-19-11(2)24-16)23-14(21)4-3-9-18-15(22)12-5-7-13(17)8-6-12/h5-8,10H,3-4,9H2,1-2H3,(H,18,22). The van der Waals surface area contributed by atoms with E-state index in [2.05, 4.69) is 15.5 Å². The first kappa shape index (κ1) is 17.9. The Kier molecular flexibility index (Phi) is 6.31. The lowest BCUT2D eigenvalue weighted by molar-refractivity contribution is -0.149. The summed E-state index contributed by atoms with van der Waals surface area (Å²) in [6, 6.07) is 6.57. The van der Waals surface area contributed by atoms with Crippen molar-refractivity contribution in [3.05, 3.63) is 46.6 Å². The van der Waals surface area contributed by atoms with Crippen LogP contribution in [0.2, 0.25) is 5.02 Å². The van der Waals surface area contributed by atoms with Crippen LogP contribution >= 0.6 is 11.6 Å². The van der Waals surface area contributed by atoms with Crippen molar-refractivity contribution in [2.75, 3.05) is 6.54 Å². The summed E-state index contributed by atoms with van der Waals surface area (Å²) in [5.74, 6) is 0.0727. The molecule has 0 radical (unpaired) electrons. The summed E-state index contributed by atoms with van der Waals surface area (Å²) >= 11 is 5.77. The van der Waals surface area contributed by atoms with Crippen LogP contribution < -0.4 is 5.32 Å². The Balaban J connectivity index is 1.67. The number of aryl methyl sites for hydroxylation is 1. The molecular formula is C16H18ClN3O4. The van der Waals surface area contributed by atoms with Gasteiger partial charge in [0.1, 0.15) is 0 Å². The minimum atomic E-state index is -0.595. The molecule has 0 aliphatic heterocycles. The molecule has 1 aromatic heterocycles. The molecule has 1 unspecified atom stereocenters. The number of amides is 1. The van der Waals surface area contributed by atoms with Gasteiger partial charge in [0.25, 0.3) is 11.8 Å². The quantitative estimate of drug-likeness (QED) is 0.609. The second kappa shape index (κ2) is 8.44. The summed E-state index contributed by atoms with van der Waals surface area (Å²) in [5.41, 5.74) is 0.516. The summed E-state index contributed by atoms with van der Waals surface area (Å²) in [4.78, 5) is 23.6. The number of aromatic nitrogens is 2. The highest BCUT2D eigenvalue weighted by molar-refractivity contribution is 6.30. The fraction of sp³-hybridized carbons (Fsp3) is 0.375. The first-order chi connectivity index (χ1) is 11.5. The van der Waals surface area contributed by atoms with E-state index in [0.29, 0.717) is 29.4 Å². The number of ether oxygens (including phenoxy) is 1. The number of carbonyl (C=O) groups excluding carboxylic acids is 2. The number of nitrogens with zero attached hydrogens (tertiary/aromatic N) is 2. The van der Waals surface area contributed by atoms with Crippen LogP contribution in [-0.4, -0.2) is 28.6 Å². The summed E-state index contributed by atoms with van der Waals surface area (Å²) in [7, 11) is 0. The van der Waals surface area contributed by atoms with E-state index in [4.69, 9.17) is 20.8 Å². The summed E-state index contributed by atoms with van der Waals surface area (Å²) in [6.07, 6.45) is 0.0499.